The van der Waals surface area contributed by atoms with Crippen molar-refractivity contribution in [1.29, 1.82) is 0 Å². The SMILES string of the molecule is O=Cc1cccc(F)c1N1CCC2(CCCCC2)CC1. The average molecular weight is 275 g/mol. The molecule has 0 bridgehead atoms. The Labute approximate surface area is 120 Å². The predicted molar refractivity (Wildman–Crippen MR) is 78.8 cm³/mol. The Bertz CT molecular complexity index is 484. The number of rotatable bonds is 2. The lowest BCUT2D eigenvalue weighted by atomic mass is 9.68. The molecule has 3 rings (SSSR count). The Morgan fingerprint density at radius 3 is 2.40 bits per heavy atom. The lowest BCUT2D eigenvalue weighted by molar-refractivity contribution is 0.112. The van der Waals surface area contributed by atoms with E-state index < -0.39 is 0 Å². The summed E-state index contributed by atoms with van der Waals surface area (Å²) < 4.78 is 14.1. The number of benzene rings is 1. The lowest BCUT2D eigenvalue weighted by Gasteiger charge is -2.45. The molecule has 0 radical (unpaired) electrons. The van der Waals surface area contributed by atoms with Crippen molar-refractivity contribution >= 4 is 12.0 Å². The highest BCUT2D eigenvalue weighted by atomic mass is 19.1. The molecular weight excluding hydrogens is 253 g/mol. The second-order valence-electron chi connectivity index (χ2n) is 6.34. The third-order valence-corrected chi connectivity index (χ3v) is 5.20. The summed E-state index contributed by atoms with van der Waals surface area (Å²) in [5.41, 5.74) is 1.49. The predicted octanol–water partition coefficient (Wildman–Crippen LogP) is 4.19. The highest BCUT2D eigenvalue weighted by Crippen LogP contribution is 2.45. The molecule has 1 spiro atoms. The smallest absolute Gasteiger partial charge is 0.152 e. The van der Waals surface area contributed by atoms with Crippen LogP contribution in [-0.2, 0) is 0 Å². The number of aldehydes is 1. The van der Waals surface area contributed by atoms with Gasteiger partial charge in [-0.3, -0.25) is 4.79 Å². The molecule has 20 heavy (non-hydrogen) atoms. The van der Waals surface area contributed by atoms with Crippen molar-refractivity contribution in [3.8, 4) is 0 Å². The fourth-order valence-electron chi connectivity index (χ4n) is 3.97. The number of hydrogen-bond acceptors (Lipinski definition) is 2. The number of hydrogen-bond donors (Lipinski definition) is 0. The van der Waals surface area contributed by atoms with Crippen LogP contribution in [-0.4, -0.2) is 19.4 Å². The molecule has 1 aromatic rings. The number of nitrogens with zero attached hydrogens (tertiary/aromatic N) is 1. The fraction of sp³-hybridized carbons (Fsp3) is 0.588. The molecule has 1 aliphatic heterocycles. The molecule has 0 aromatic heterocycles. The maximum absolute atomic E-state index is 14.1. The first-order valence-electron chi connectivity index (χ1n) is 7.73. The summed E-state index contributed by atoms with van der Waals surface area (Å²) in [6, 6.07) is 4.76. The van der Waals surface area contributed by atoms with Crippen molar-refractivity contribution in [3.05, 3.63) is 29.6 Å². The molecule has 0 atom stereocenters. The minimum atomic E-state index is -0.269. The first kappa shape index (κ1) is 13.6. The van der Waals surface area contributed by atoms with Crippen LogP contribution in [0.1, 0.15) is 55.3 Å². The quantitative estimate of drug-likeness (QED) is 0.754. The normalized spacial score (nSPS) is 21.9. The van der Waals surface area contributed by atoms with Gasteiger partial charge >= 0.3 is 0 Å². The van der Waals surface area contributed by atoms with Gasteiger partial charge in [0.25, 0.3) is 0 Å². The Morgan fingerprint density at radius 1 is 1.05 bits per heavy atom. The Kier molecular flexibility index (Phi) is 3.77. The molecule has 1 saturated heterocycles. The first-order chi connectivity index (χ1) is 9.74. The van der Waals surface area contributed by atoms with Crippen LogP contribution >= 0.6 is 0 Å². The maximum atomic E-state index is 14.1. The lowest BCUT2D eigenvalue weighted by Crippen LogP contribution is -2.41. The molecule has 1 saturated carbocycles. The average Bonchev–Trinajstić information content (AvgIpc) is 2.49. The molecule has 3 heteroatoms. The molecule has 0 N–H and O–H groups in total. The molecule has 1 heterocycles. The van der Waals surface area contributed by atoms with Crippen LogP contribution in [0.2, 0.25) is 0 Å². The Morgan fingerprint density at radius 2 is 1.75 bits per heavy atom. The number of carbonyl (C=O) groups is 1. The van der Waals surface area contributed by atoms with Crippen LogP contribution in [0.5, 0.6) is 0 Å². The van der Waals surface area contributed by atoms with Crippen LogP contribution in [0.4, 0.5) is 10.1 Å². The van der Waals surface area contributed by atoms with E-state index in [2.05, 4.69) is 4.90 Å². The molecule has 2 nitrogen and oxygen atoms in total. The zero-order valence-corrected chi connectivity index (χ0v) is 11.9. The zero-order chi connectivity index (χ0) is 14.0. The minimum absolute atomic E-state index is 0.269. The van der Waals surface area contributed by atoms with Crippen molar-refractivity contribution < 1.29 is 9.18 Å². The van der Waals surface area contributed by atoms with Gasteiger partial charge in [-0.05, 0) is 43.2 Å². The van der Waals surface area contributed by atoms with Crippen molar-refractivity contribution in [1.82, 2.24) is 0 Å². The number of anilines is 1. The van der Waals surface area contributed by atoms with E-state index in [1.165, 1.54) is 38.2 Å². The van der Waals surface area contributed by atoms with Gasteiger partial charge in [0.05, 0.1) is 5.69 Å². The van der Waals surface area contributed by atoms with Gasteiger partial charge in [-0.15, -0.1) is 0 Å². The van der Waals surface area contributed by atoms with Crippen LogP contribution in [0.25, 0.3) is 0 Å². The van der Waals surface area contributed by atoms with Gasteiger partial charge < -0.3 is 4.90 Å². The second kappa shape index (κ2) is 5.55. The fourth-order valence-corrected chi connectivity index (χ4v) is 3.97. The molecule has 2 aliphatic rings. The van der Waals surface area contributed by atoms with Crippen LogP contribution in [0.3, 0.4) is 0 Å². The molecule has 1 aromatic carbocycles. The van der Waals surface area contributed by atoms with Crippen LogP contribution in [0, 0.1) is 11.2 Å². The van der Waals surface area contributed by atoms with Gasteiger partial charge in [-0.25, -0.2) is 4.39 Å². The van der Waals surface area contributed by atoms with E-state index in [0.717, 1.165) is 32.2 Å². The van der Waals surface area contributed by atoms with Gasteiger partial charge in [-0.1, -0.05) is 25.3 Å². The van der Waals surface area contributed by atoms with Crippen LogP contribution < -0.4 is 4.90 Å². The van der Waals surface area contributed by atoms with Gasteiger partial charge in [0.2, 0.25) is 0 Å². The van der Waals surface area contributed by atoms with E-state index in [0.29, 0.717) is 16.7 Å². The maximum Gasteiger partial charge on any atom is 0.152 e. The van der Waals surface area contributed by atoms with E-state index in [1.54, 1.807) is 12.1 Å². The van der Waals surface area contributed by atoms with E-state index in [9.17, 15) is 9.18 Å². The topological polar surface area (TPSA) is 20.3 Å². The number of halogens is 1. The molecule has 0 unspecified atom stereocenters. The first-order valence-corrected chi connectivity index (χ1v) is 7.73. The number of carbonyl (C=O) groups excluding carboxylic acids is 1. The largest absolute Gasteiger partial charge is 0.369 e. The van der Waals surface area contributed by atoms with Gasteiger partial charge in [-0.2, -0.15) is 0 Å². The summed E-state index contributed by atoms with van der Waals surface area (Å²) in [6.07, 6.45) is 9.77. The van der Waals surface area contributed by atoms with Gasteiger partial charge in [0.15, 0.2) is 6.29 Å². The summed E-state index contributed by atoms with van der Waals surface area (Å²) in [4.78, 5) is 13.2. The zero-order valence-electron chi connectivity index (χ0n) is 11.9. The van der Waals surface area contributed by atoms with E-state index in [4.69, 9.17) is 0 Å². The Balaban J connectivity index is 1.76. The summed E-state index contributed by atoms with van der Waals surface area (Å²) in [5, 5.41) is 0. The monoisotopic (exact) mass is 275 g/mol. The second-order valence-corrected chi connectivity index (χ2v) is 6.34. The summed E-state index contributed by atoms with van der Waals surface area (Å²) in [5.74, 6) is -0.269. The van der Waals surface area contributed by atoms with Crippen molar-refractivity contribution in [3.63, 3.8) is 0 Å². The van der Waals surface area contributed by atoms with Crippen molar-refractivity contribution in [2.75, 3.05) is 18.0 Å². The minimum Gasteiger partial charge on any atom is -0.369 e. The molecule has 0 amide bonds. The van der Waals surface area contributed by atoms with Crippen molar-refractivity contribution in [2.45, 2.75) is 44.9 Å². The highest BCUT2D eigenvalue weighted by molar-refractivity contribution is 5.84. The number of para-hydroxylation sites is 1. The number of piperidine rings is 1. The summed E-state index contributed by atoms with van der Waals surface area (Å²) >= 11 is 0. The summed E-state index contributed by atoms with van der Waals surface area (Å²) in [6.45, 7) is 1.75. The molecule has 2 fully saturated rings. The third-order valence-electron chi connectivity index (χ3n) is 5.20. The van der Waals surface area contributed by atoms with E-state index >= 15 is 0 Å². The molecule has 1 aliphatic carbocycles. The van der Waals surface area contributed by atoms with E-state index in [1.807, 2.05) is 0 Å². The molecule has 108 valence electrons. The van der Waals surface area contributed by atoms with E-state index in [-0.39, 0.29) is 5.82 Å². The highest BCUT2D eigenvalue weighted by Gasteiger charge is 2.36. The van der Waals surface area contributed by atoms with Gasteiger partial charge in [0.1, 0.15) is 5.82 Å². The molecular formula is C17H22FNO. The standard InChI is InChI=1S/C17H22FNO/c18-15-6-4-5-14(13-20)16(15)19-11-9-17(10-12-19)7-2-1-3-8-17/h4-6,13H,1-3,7-12H2. The van der Waals surface area contributed by atoms with Crippen LogP contribution in [0.15, 0.2) is 18.2 Å². The van der Waals surface area contributed by atoms with Gasteiger partial charge in [0, 0.05) is 18.7 Å². The third kappa shape index (κ3) is 2.46. The Hall–Kier alpha value is -1.38. The summed E-state index contributed by atoms with van der Waals surface area (Å²) in [7, 11) is 0. The van der Waals surface area contributed by atoms with Crippen molar-refractivity contribution in [2.24, 2.45) is 5.41 Å².